The van der Waals surface area contributed by atoms with Crippen molar-refractivity contribution >= 4 is 0 Å². The van der Waals surface area contributed by atoms with Gasteiger partial charge < -0.3 is 0 Å². The van der Waals surface area contributed by atoms with Crippen LogP contribution in [0.2, 0.25) is 0 Å². The van der Waals surface area contributed by atoms with E-state index < -0.39 is 18.4 Å². The second-order valence-corrected chi connectivity index (χ2v) is 2.88. The molecule has 0 N–H and O–H groups in total. The van der Waals surface area contributed by atoms with Crippen LogP contribution in [0.3, 0.4) is 0 Å². The molecule has 72 valence electrons. The first-order valence-corrected chi connectivity index (χ1v) is 3.70. The van der Waals surface area contributed by atoms with Crippen LogP contribution in [-0.4, -0.2) is 6.18 Å². The number of hydrogen-bond donors (Lipinski definition) is 0. The molecule has 0 nitrogen and oxygen atoms in total. The molecule has 0 heterocycles. The van der Waals surface area contributed by atoms with Crippen LogP contribution in [0.4, 0.5) is 17.6 Å². The summed E-state index contributed by atoms with van der Waals surface area (Å²) < 4.78 is 48.3. The molecule has 4 heteroatoms. The zero-order valence-corrected chi connectivity index (χ0v) is 6.95. The Kier molecular flexibility index (Phi) is 2.59. The van der Waals surface area contributed by atoms with Gasteiger partial charge in [0, 0.05) is 0 Å². The Morgan fingerprint density at radius 2 is 1.85 bits per heavy atom. The first-order chi connectivity index (χ1) is 5.88. The Labute approximate surface area is 73.2 Å². The van der Waals surface area contributed by atoms with Crippen molar-refractivity contribution in [2.24, 2.45) is 0 Å². The molecule has 0 saturated carbocycles. The molecule has 0 atom stereocenters. The number of rotatable bonds is 1. The predicted octanol–water partition coefficient (Wildman–Crippen LogP) is 3.24. The average molecular weight is 192 g/mol. The second-order valence-electron chi connectivity index (χ2n) is 2.88. The van der Waals surface area contributed by atoms with Crippen LogP contribution in [0.15, 0.2) is 18.2 Å². The zero-order valence-electron chi connectivity index (χ0n) is 6.95. The normalized spacial score (nSPS) is 11.8. The lowest BCUT2D eigenvalue weighted by Gasteiger charge is -2.06. The topological polar surface area (TPSA) is 0 Å². The van der Waals surface area contributed by atoms with E-state index in [1.165, 1.54) is 13.0 Å². The maximum atomic E-state index is 12.7. The minimum atomic E-state index is -4.23. The highest BCUT2D eigenvalue weighted by Crippen LogP contribution is 2.22. The predicted molar refractivity (Wildman–Crippen MR) is 40.9 cm³/mol. The van der Waals surface area contributed by atoms with Gasteiger partial charge in [0.2, 0.25) is 0 Å². The van der Waals surface area contributed by atoms with Gasteiger partial charge in [-0.05, 0) is 24.1 Å². The highest BCUT2D eigenvalue weighted by molar-refractivity contribution is 5.24. The molecule has 0 aliphatic rings. The van der Waals surface area contributed by atoms with Crippen molar-refractivity contribution in [2.75, 3.05) is 0 Å². The SMILES string of the molecule is Cc1cc(CC(F)(F)F)ccc1F. The van der Waals surface area contributed by atoms with E-state index in [2.05, 4.69) is 0 Å². The maximum Gasteiger partial charge on any atom is 0.393 e. The Morgan fingerprint density at radius 1 is 1.23 bits per heavy atom. The van der Waals surface area contributed by atoms with Gasteiger partial charge in [0.1, 0.15) is 5.82 Å². The van der Waals surface area contributed by atoms with Crippen LogP contribution >= 0.6 is 0 Å². The molecule has 0 unspecified atom stereocenters. The van der Waals surface area contributed by atoms with Gasteiger partial charge in [0.15, 0.2) is 0 Å². The number of halogens is 4. The summed E-state index contributed by atoms with van der Waals surface area (Å²) in [5.41, 5.74) is 0.327. The molecule has 0 spiro atoms. The molecule has 0 bridgehead atoms. The first kappa shape index (κ1) is 10.0. The molecule has 0 radical (unpaired) electrons. The third kappa shape index (κ3) is 3.05. The molecule has 0 amide bonds. The molecular weight excluding hydrogens is 184 g/mol. The number of benzene rings is 1. The van der Waals surface area contributed by atoms with E-state index in [1.54, 1.807) is 0 Å². The fraction of sp³-hybridized carbons (Fsp3) is 0.333. The lowest BCUT2D eigenvalue weighted by atomic mass is 10.1. The minimum Gasteiger partial charge on any atom is -0.207 e. The van der Waals surface area contributed by atoms with E-state index >= 15 is 0 Å². The Morgan fingerprint density at radius 3 is 2.31 bits per heavy atom. The Hall–Kier alpha value is -1.06. The van der Waals surface area contributed by atoms with Gasteiger partial charge in [-0.3, -0.25) is 0 Å². The quantitative estimate of drug-likeness (QED) is 0.599. The lowest BCUT2D eigenvalue weighted by molar-refractivity contribution is -0.127. The minimum absolute atomic E-state index is 0.0893. The van der Waals surface area contributed by atoms with Crippen LogP contribution in [0.5, 0.6) is 0 Å². The molecular formula is C9H8F4. The van der Waals surface area contributed by atoms with Gasteiger partial charge in [-0.25, -0.2) is 4.39 Å². The summed E-state index contributed by atoms with van der Waals surface area (Å²) in [5.74, 6) is -0.481. The Balaban J connectivity index is 2.86. The van der Waals surface area contributed by atoms with Gasteiger partial charge >= 0.3 is 6.18 Å². The highest BCUT2D eigenvalue weighted by atomic mass is 19.4. The van der Waals surface area contributed by atoms with Crippen molar-refractivity contribution in [1.82, 2.24) is 0 Å². The molecule has 13 heavy (non-hydrogen) atoms. The molecule has 1 rings (SSSR count). The van der Waals surface area contributed by atoms with E-state index in [1.807, 2.05) is 0 Å². The van der Waals surface area contributed by atoms with Gasteiger partial charge in [0.05, 0.1) is 6.42 Å². The molecule has 0 aromatic heterocycles. The lowest BCUT2D eigenvalue weighted by Crippen LogP contribution is -2.11. The summed E-state index contributed by atoms with van der Waals surface area (Å²) in [4.78, 5) is 0. The van der Waals surface area contributed by atoms with Crippen LogP contribution in [-0.2, 0) is 6.42 Å². The van der Waals surface area contributed by atoms with Crippen molar-refractivity contribution in [1.29, 1.82) is 0 Å². The largest absolute Gasteiger partial charge is 0.393 e. The van der Waals surface area contributed by atoms with Crippen LogP contribution in [0.25, 0.3) is 0 Å². The third-order valence-corrected chi connectivity index (χ3v) is 1.63. The van der Waals surface area contributed by atoms with Crippen molar-refractivity contribution < 1.29 is 17.6 Å². The third-order valence-electron chi connectivity index (χ3n) is 1.63. The van der Waals surface area contributed by atoms with Gasteiger partial charge in [-0.1, -0.05) is 12.1 Å². The second kappa shape index (κ2) is 3.36. The monoisotopic (exact) mass is 192 g/mol. The number of hydrogen-bond acceptors (Lipinski definition) is 0. The number of aryl methyl sites for hydroxylation is 1. The van der Waals surface area contributed by atoms with E-state index in [9.17, 15) is 17.6 Å². The summed E-state index contributed by atoms with van der Waals surface area (Å²) in [6, 6.07) is 3.41. The summed E-state index contributed by atoms with van der Waals surface area (Å²) in [6.45, 7) is 1.44. The highest BCUT2D eigenvalue weighted by Gasteiger charge is 2.27. The zero-order chi connectivity index (χ0) is 10.1. The standard InChI is InChI=1S/C9H8F4/c1-6-4-7(2-3-8(6)10)5-9(11,12)13/h2-4H,5H2,1H3. The fourth-order valence-electron chi connectivity index (χ4n) is 1.05. The van der Waals surface area contributed by atoms with E-state index in [-0.39, 0.29) is 11.1 Å². The molecule has 0 fully saturated rings. The Bertz CT molecular complexity index is 301. The maximum absolute atomic E-state index is 12.7. The summed E-state index contributed by atoms with van der Waals surface area (Å²) >= 11 is 0. The molecule has 0 aliphatic heterocycles. The van der Waals surface area contributed by atoms with E-state index in [0.29, 0.717) is 0 Å². The van der Waals surface area contributed by atoms with Crippen molar-refractivity contribution in [2.45, 2.75) is 19.5 Å². The van der Waals surface area contributed by atoms with Gasteiger partial charge in [-0.15, -0.1) is 0 Å². The average Bonchev–Trinajstić information content (AvgIpc) is 1.94. The van der Waals surface area contributed by atoms with E-state index in [4.69, 9.17) is 0 Å². The fourth-order valence-corrected chi connectivity index (χ4v) is 1.05. The van der Waals surface area contributed by atoms with E-state index in [0.717, 1.165) is 12.1 Å². The van der Waals surface area contributed by atoms with Gasteiger partial charge in [-0.2, -0.15) is 13.2 Å². The van der Waals surface area contributed by atoms with Crippen LogP contribution in [0, 0.1) is 12.7 Å². The van der Waals surface area contributed by atoms with Gasteiger partial charge in [0.25, 0.3) is 0 Å². The molecule has 0 saturated heterocycles. The molecule has 1 aromatic rings. The summed E-state index contributed by atoms with van der Waals surface area (Å²) in [6.07, 6.45) is -5.24. The van der Waals surface area contributed by atoms with Crippen molar-refractivity contribution in [3.63, 3.8) is 0 Å². The van der Waals surface area contributed by atoms with Crippen molar-refractivity contribution in [3.05, 3.63) is 35.1 Å². The smallest absolute Gasteiger partial charge is 0.207 e. The molecule has 1 aromatic carbocycles. The van der Waals surface area contributed by atoms with Crippen LogP contribution < -0.4 is 0 Å². The molecule has 0 aliphatic carbocycles. The summed E-state index contributed by atoms with van der Waals surface area (Å²) in [5, 5.41) is 0. The van der Waals surface area contributed by atoms with Crippen molar-refractivity contribution in [3.8, 4) is 0 Å². The van der Waals surface area contributed by atoms with Crippen LogP contribution in [0.1, 0.15) is 11.1 Å². The number of alkyl halides is 3. The first-order valence-electron chi connectivity index (χ1n) is 3.70. The summed E-state index contributed by atoms with van der Waals surface area (Å²) in [7, 11) is 0.